The van der Waals surface area contributed by atoms with E-state index in [4.69, 9.17) is 5.26 Å². The van der Waals surface area contributed by atoms with Gasteiger partial charge in [0, 0.05) is 8.04 Å². The molecule has 0 fully saturated rings. The van der Waals surface area contributed by atoms with Crippen LogP contribution in [0, 0.1) is 14.9 Å². The van der Waals surface area contributed by atoms with Crippen LogP contribution in [0.2, 0.25) is 0 Å². The van der Waals surface area contributed by atoms with Crippen molar-refractivity contribution in [1.29, 1.82) is 5.26 Å². The molecule has 0 bridgehead atoms. The third-order valence-corrected chi connectivity index (χ3v) is 4.21. The van der Waals surface area contributed by atoms with Gasteiger partial charge in [-0.25, -0.2) is 0 Å². The van der Waals surface area contributed by atoms with E-state index in [1.54, 1.807) is 22.6 Å². The first-order chi connectivity index (χ1) is 6.86. The zero-order chi connectivity index (χ0) is 11.6. The van der Waals surface area contributed by atoms with Crippen LogP contribution in [0.25, 0.3) is 0 Å². The van der Waals surface area contributed by atoms with Gasteiger partial charge in [-0.05, 0) is 56.2 Å². The molecule has 0 spiro atoms. The molecule has 1 nitrogen and oxygen atoms in total. The molecule has 15 heavy (non-hydrogen) atoms. The van der Waals surface area contributed by atoms with Gasteiger partial charge < -0.3 is 0 Å². The molecule has 0 aliphatic rings. The Labute approximate surface area is 107 Å². The Balaban J connectivity index is 3.33. The number of hydrogen-bond donors (Lipinski definition) is 0. The predicted molar refractivity (Wildman–Crippen MR) is 61.2 cm³/mol. The van der Waals surface area contributed by atoms with Crippen molar-refractivity contribution in [2.45, 2.75) is 12.6 Å². The van der Waals surface area contributed by atoms with Gasteiger partial charge in [-0.15, -0.1) is 0 Å². The van der Waals surface area contributed by atoms with Gasteiger partial charge in [0.1, 0.15) is 0 Å². The molecule has 0 atom stereocenters. The zero-order valence-electron chi connectivity index (χ0n) is 7.20. The molecule has 0 radical (unpaired) electrons. The Bertz CT molecular complexity index is 423. The van der Waals surface area contributed by atoms with Crippen molar-refractivity contribution in [3.63, 3.8) is 0 Å². The number of nitrogens with zero attached hydrogens (tertiary/aromatic N) is 1. The van der Waals surface area contributed by atoms with Crippen LogP contribution in [0.15, 0.2) is 16.6 Å². The first-order valence-electron chi connectivity index (χ1n) is 3.78. The highest BCUT2D eigenvalue weighted by Gasteiger charge is 2.34. The highest BCUT2D eigenvalue weighted by molar-refractivity contribution is 14.1. The minimum atomic E-state index is -4.38. The van der Waals surface area contributed by atoms with Crippen LogP contribution in [0.3, 0.4) is 0 Å². The molecule has 0 aliphatic heterocycles. The van der Waals surface area contributed by atoms with Gasteiger partial charge in [0.15, 0.2) is 0 Å². The summed E-state index contributed by atoms with van der Waals surface area (Å²) in [7, 11) is 0. The molecular weight excluding hydrogens is 386 g/mol. The smallest absolute Gasteiger partial charge is 0.198 e. The molecule has 0 N–H and O–H groups in total. The molecule has 6 heteroatoms. The Morgan fingerprint density at radius 2 is 2.00 bits per heavy atom. The lowest BCUT2D eigenvalue weighted by Crippen LogP contribution is -2.08. The second-order valence-corrected chi connectivity index (χ2v) is 4.70. The third kappa shape index (κ3) is 3.08. The fourth-order valence-electron chi connectivity index (χ4n) is 1.04. The fourth-order valence-corrected chi connectivity index (χ4v) is 2.17. The van der Waals surface area contributed by atoms with Crippen molar-refractivity contribution >= 4 is 38.5 Å². The maximum Gasteiger partial charge on any atom is 0.417 e. The monoisotopic (exact) mass is 389 g/mol. The average molecular weight is 390 g/mol. The van der Waals surface area contributed by atoms with Crippen molar-refractivity contribution < 1.29 is 13.2 Å². The van der Waals surface area contributed by atoms with E-state index in [9.17, 15) is 13.2 Å². The zero-order valence-corrected chi connectivity index (χ0v) is 10.9. The van der Waals surface area contributed by atoms with E-state index >= 15 is 0 Å². The van der Waals surface area contributed by atoms with Gasteiger partial charge in [-0.1, -0.05) is 0 Å². The van der Waals surface area contributed by atoms with Gasteiger partial charge in [-0.2, -0.15) is 18.4 Å². The van der Waals surface area contributed by atoms with Crippen LogP contribution in [-0.2, 0) is 12.6 Å². The lowest BCUT2D eigenvalue weighted by atomic mass is 10.1. The van der Waals surface area contributed by atoms with Crippen LogP contribution in [0.4, 0.5) is 13.2 Å². The second kappa shape index (κ2) is 4.70. The molecule has 0 unspecified atom stereocenters. The predicted octanol–water partition coefficient (Wildman–Crippen LogP) is 4.14. The summed E-state index contributed by atoms with van der Waals surface area (Å²) < 4.78 is 38.1. The molecule has 1 aromatic carbocycles. The van der Waals surface area contributed by atoms with E-state index in [1.807, 2.05) is 6.07 Å². The Morgan fingerprint density at radius 1 is 1.40 bits per heavy atom. The van der Waals surface area contributed by atoms with Gasteiger partial charge in [-0.3, -0.25) is 0 Å². The maximum atomic E-state index is 12.5. The molecule has 0 aromatic heterocycles. The minimum absolute atomic E-state index is 0.0292. The molecule has 0 saturated carbocycles. The largest absolute Gasteiger partial charge is 0.417 e. The Kier molecular flexibility index (Phi) is 4.00. The van der Waals surface area contributed by atoms with Crippen LogP contribution >= 0.6 is 38.5 Å². The summed E-state index contributed by atoms with van der Waals surface area (Å²) in [6.45, 7) is 0. The topological polar surface area (TPSA) is 23.8 Å². The summed E-state index contributed by atoms with van der Waals surface area (Å²) in [6, 6.07) is 4.36. The normalized spacial score (nSPS) is 11.2. The molecular formula is C9H4BrF3IN. The van der Waals surface area contributed by atoms with Crippen molar-refractivity contribution in [3.05, 3.63) is 31.3 Å². The SMILES string of the molecule is N#CCc1cc(Br)c(I)c(C(F)(F)F)c1. The Morgan fingerprint density at radius 3 is 2.47 bits per heavy atom. The molecule has 0 aliphatic carbocycles. The number of nitriles is 1. The van der Waals surface area contributed by atoms with Crippen molar-refractivity contribution in [3.8, 4) is 6.07 Å². The first-order valence-corrected chi connectivity index (χ1v) is 5.65. The van der Waals surface area contributed by atoms with Crippen LogP contribution in [0.5, 0.6) is 0 Å². The van der Waals surface area contributed by atoms with E-state index in [0.717, 1.165) is 6.07 Å². The van der Waals surface area contributed by atoms with E-state index < -0.39 is 11.7 Å². The van der Waals surface area contributed by atoms with Crippen LogP contribution < -0.4 is 0 Å². The van der Waals surface area contributed by atoms with E-state index in [2.05, 4.69) is 15.9 Å². The number of rotatable bonds is 1. The maximum absolute atomic E-state index is 12.5. The van der Waals surface area contributed by atoms with Crippen molar-refractivity contribution in [2.75, 3.05) is 0 Å². The first kappa shape index (κ1) is 12.8. The molecule has 80 valence electrons. The number of halogens is 5. The van der Waals surface area contributed by atoms with Crippen LogP contribution in [0.1, 0.15) is 11.1 Å². The summed E-state index contributed by atoms with van der Waals surface area (Å²) in [5, 5.41) is 8.43. The quantitative estimate of drug-likeness (QED) is 0.662. The summed E-state index contributed by atoms with van der Waals surface area (Å²) in [4.78, 5) is 0. The molecule has 0 saturated heterocycles. The number of alkyl halides is 3. The molecule has 1 rings (SSSR count). The summed E-state index contributed by atoms with van der Waals surface area (Å²) in [6.07, 6.45) is -4.41. The van der Waals surface area contributed by atoms with E-state index in [1.165, 1.54) is 6.07 Å². The summed E-state index contributed by atoms with van der Waals surface area (Å²) >= 11 is 4.67. The standard InChI is InChI=1S/C9H4BrF3IN/c10-7-4-5(1-2-15)3-6(8(7)14)9(11,12)13/h3-4H,1H2. The fraction of sp³-hybridized carbons (Fsp3) is 0.222. The van der Waals surface area contributed by atoms with E-state index in [-0.39, 0.29) is 9.99 Å². The molecule has 1 aromatic rings. The second-order valence-electron chi connectivity index (χ2n) is 2.77. The third-order valence-electron chi connectivity index (χ3n) is 1.68. The van der Waals surface area contributed by atoms with Crippen molar-refractivity contribution in [2.24, 2.45) is 0 Å². The summed E-state index contributed by atoms with van der Waals surface area (Å²) in [5.41, 5.74) is -0.347. The van der Waals surface area contributed by atoms with Gasteiger partial charge in [0.25, 0.3) is 0 Å². The number of benzene rings is 1. The summed E-state index contributed by atoms with van der Waals surface area (Å²) in [5.74, 6) is 0. The molecule has 0 heterocycles. The van der Waals surface area contributed by atoms with Gasteiger partial charge in [0.2, 0.25) is 0 Å². The highest BCUT2D eigenvalue weighted by atomic mass is 127. The Hall–Kier alpha value is -0.290. The van der Waals surface area contributed by atoms with Gasteiger partial charge >= 0.3 is 6.18 Å². The van der Waals surface area contributed by atoms with Gasteiger partial charge in [0.05, 0.1) is 18.1 Å². The van der Waals surface area contributed by atoms with E-state index in [0.29, 0.717) is 10.0 Å². The van der Waals surface area contributed by atoms with Crippen LogP contribution in [-0.4, -0.2) is 0 Å². The number of hydrogen-bond acceptors (Lipinski definition) is 1. The lowest BCUT2D eigenvalue weighted by molar-refractivity contribution is -0.138. The highest BCUT2D eigenvalue weighted by Crippen LogP contribution is 2.36. The minimum Gasteiger partial charge on any atom is -0.198 e. The average Bonchev–Trinajstić information content (AvgIpc) is 2.09. The molecule has 0 amide bonds. The van der Waals surface area contributed by atoms with Crippen molar-refractivity contribution in [1.82, 2.24) is 0 Å². The lowest BCUT2D eigenvalue weighted by Gasteiger charge is -2.11.